The fraction of sp³-hybridized carbons (Fsp3) is 0.688. The maximum absolute atomic E-state index is 12.7. The number of aryl methyl sites for hydroxylation is 1. The highest BCUT2D eigenvalue weighted by Crippen LogP contribution is 2.25. The number of likely N-dealkylation sites (tertiary alicyclic amines) is 1. The van der Waals surface area contributed by atoms with Crippen molar-refractivity contribution in [2.75, 3.05) is 70.3 Å². The van der Waals surface area contributed by atoms with Gasteiger partial charge in [0.1, 0.15) is 11.6 Å². The molecule has 2 aromatic rings. The molecule has 1 aromatic carbocycles. The third-order valence-corrected chi connectivity index (χ3v) is 9.02. The summed E-state index contributed by atoms with van der Waals surface area (Å²) in [5.41, 5.74) is 3.43. The van der Waals surface area contributed by atoms with Crippen LogP contribution in [0.3, 0.4) is 0 Å². The predicted octanol–water partition coefficient (Wildman–Crippen LogP) is 4.82. The molecule has 0 atom stereocenters. The van der Waals surface area contributed by atoms with Crippen molar-refractivity contribution in [3.05, 3.63) is 35.4 Å². The van der Waals surface area contributed by atoms with Crippen LogP contribution in [-0.4, -0.2) is 86.0 Å². The molecular weight excluding hydrogens is 470 g/mol. The Kier molecular flexibility index (Phi) is 10.0. The van der Waals surface area contributed by atoms with E-state index in [1.165, 1.54) is 82.2 Å². The van der Waals surface area contributed by atoms with E-state index < -0.39 is 0 Å². The number of hydrogen-bond acceptors (Lipinski definition) is 6. The van der Waals surface area contributed by atoms with Crippen LogP contribution in [0.5, 0.6) is 0 Å². The highest BCUT2D eigenvalue weighted by Gasteiger charge is 2.22. The second kappa shape index (κ2) is 13.9. The van der Waals surface area contributed by atoms with Crippen molar-refractivity contribution in [2.45, 2.75) is 71.1 Å². The standard InChI is InChI=1S/C32H49N5O/c1-26-22-32(37-20-18-36(19-21-37)25-27-11-13-33-14-12-27)34-31-10-9-28(24-30(26)31)23-29(38)8-4-7-17-35-15-5-2-3-6-16-35/h9-10,22,24,27,33H,2-8,11-21,23,25H2,1H3. The highest BCUT2D eigenvalue weighted by molar-refractivity contribution is 5.87. The lowest BCUT2D eigenvalue weighted by atomic mass is 9.97. The Balaban J connectivity index is 1.10. The topological polar surface area (TPSA) is 51.7 Å². The lowest BCUT2D eigenvalue weighted by Crippen LogP contribution is -2.48. The van der Waals surface area contributed by atoms with Crippen molar-refractivity contribution >= 4 is 22.5 Å². The number of fused-ring (bicyclic) bond motifs is 1. The Hall–Kier alpha value is -2.02. The smallest absolute Gasteiger partial charge is 0.137 e. The van der Waals surface area contributed by atoms with E-state index in [9.17, 15) is 4.79 Å². The Bertz CT molecular complexity index is 1030. The van der Waals surface area contributed by atoms with Gasteiger partial charge in [0.05, 0.1) is 5.52 Å². The number of benzene rings is 1. The molecule has 0 spiro atoms. The number of aromatic nitrogens is 1. The predicted molar refractivity (Wildman–Crippen MR) is 158 cm³/mol. The summed E-state index contributed by atoms with van der Waals surface area (Å²) in [4.78, 5) is 25.5. The van der Waals surface area contributed by atoms with Crippen LogP contribution in [0.25, 0.3) is 10.9 Å². The minimum Gasteiger partial charge on any atom is -0.354 e. The second-order valence-corrected chi connectivity index (χ2v) is 12.1. The minimum atomic E-state index is 0.366. The summed E-state index contributed by atoms with van der Waals surface area (Å²) < 4.78 is 0. The number of hydrogen-bond donors (Lipinski definition) is 1. The fourth-order valence-electron chi connectivity index (χ4n) is 6.62. The van der Waals surface area contributed by atoms with E-state index in [4.69, 9.17) is 4.98 Å². The number of carbonyl (C=O) groups is 1. The van der Waals surface area contributed by atoms with E-state index in [-0.39, 0.29) is 0 Å². The van der Waals surface area contributed by atoms with Gasteiger partial charge in [-0.25, -0.2) is 4.98 Å². The lowest BCUT2D eigenvalue weighted by Gasteiger charge is -2.38. The normalized spacial score (nSPS) is 20.6. The first-order valence-electron chi connectivity index (χ1n) is 15.5. The zero-order chi connectivity index (χ0) is 26.2. The molecular formula is C32H49N5O. The van der Waals surface area contributed by atoms with Gasteiger partial charge in [0.15, 0.2) is 0 Å². The molecule has 3 fully saturated rings. The van der Waals surface area contributed by atoms with Crippen LogP contribution in [0.15, 0.2) is 24.3 Å². The summed E-state index contributed by atoms with van der Waals surface area (Å²) in [6, 6.07) is 8.69. The van der Waals surface area contributed by atoms with Crippen molar-refractivity contribution in [1.29, 1.82) is 0 Å². The summed E-state index contributed by atoms with van der Waals surface area (Å²) in [5.74, 6) is 2.32. The Morgan fingerprint density at radius 3 is 2.45 bits per heavy atom. The van der Waals surface area contributed by atoms with Gasteiger partial charge in [-0.1, -0.05) is 18.9 Å². The third-order valence-electron chi connectivity index (χ3n) is 9.02. The minimum absolute atomic E-state index is 0.366. The molecule has 1 N–H and O–H groups in total. The number of carbonyl (C=O) groups excluding carboxylic acids is 1. The van der Waals surface area contributed by atoms with E-state index in [2.05, 4.69) is 51.2 Å². The summed E-state index contributed by atoms with van der Waals surface area (Å²) >= 11 is 0. The van der Waals surface area contributed by atoms with Crippen LogP contribution < -0.4 is 10.2 Å². The van der Waals surface area contributed by atoms with E-state index in [1.54, 1.807) is 0 Å². The van der Waals surface area contributed by atoms with Gasteiger partial charge < -0.3 is 15.1 Å². The van der Waals surface area contributed by atoms with E-state index in [0.717, 1.165) is 68.4 Å². The maximum Gasteiger partial charge on any atom is 0.137 e. The van der Waals surface area contributed by atoms with E-state index in [0.29, 0.717) is 18.6 Å². The lowest BCUT2D eigenvalue weighted by molar-refractivity contribution is -0.118. The zero-order valence-electron chi connectivity index (χ0n) is 23.7. The molecule has 0 bridgehead atoms. The molecule has 0 unspecified atom stereocenters. The second-order valence-electron chi connectivity index (χ2n) is 12.1. The van der Waals surface area contributed by atoms with Gasteiger partial charge in [0.2, 0.25) is 0 Å². The molecule has 4 heterocycles. The van der Waals surface area contributed by atoms with Crippen LogP contribution in [0.4, 0.5) is 5.82 Å². The molecule has 5 rings (SSSR count). The number of unbranched alkanes of at least 4 members (excludes halogenated alkanes) is 1. The molecule has 3 aliphatic rings. The summed E-state index contributed by atoms with van der Waals surface area (Å²) in [6.07, 6.45) is 11.5. The van der Waals surface area contributed by atoms with Crippen LogP contribution in [0.2, 0.25) is 0 Å². The molecule has 3 aliphatic heterocycles. The van der Waals surface area contributed by atoms with Gasteiger partial charge in [-0.05, 0) is 113 Å². The highest BCUT2D eigenvalue weighted by atomic mass is 16.1. The average molecular weight is 520 g/mol. The SMILES string of the molecule is Cc1cc(N2CCN(CC3CCNCC3)CC2)nc2ccc(CC(=O)CCCCN3CCCCCC3)cc12. The third kappa shape index (κ3) is 7.77. The van der Waals surface area contributed by atoms with Gasteiger partial charge >= 0.3 is 0 Å². The largest absolute Gasteiger partial charge is 0.354 e. The molecule has 0 saturated carbocycles. The molecule has 208 valence electrons. The van der Waals surface area contributed by atoms with E-state index in [1.807, 2.05) is 0 Å². The number of piperidine rings is 1. The summed E-state index contributed by atoms with van der Waals surface area (Å²) in [7, 11) is 0. The van der Waals surface area contributed by atoms with Crippen LogP contribution in [-0.2, 0) is 11.2 Å². The monoisotopic (exact) mass is 519 g/mol. The van der Waals surface area contributed by atoms with Crippen LogP contribution >= 0.6 is 0 Å². The molecule has 0 amide bonds. The van der Waals surface area contributed by atoms with Gasteiger partial charge in [-0.2, -0.15) is 0 Å². The van der Waals surface area contributed by atoms with Gasteiger partial charge in [-0.3, -0.25) is 9.69 Å². The van der Waals surface area contributed by atoms with E-state index >= 15 is 0 Å². The number of piperazine rings is 1. The molecule has 6 nitrogen and oxygen atoms in total. The first-order valence-corrected chi connectivity index (χ1v) is 15.5. The Morgan fingerprint density at radius 2 is 1.68 bits per heavy atom. The number of nitrogens with one attached hydrogen (secondary N) is 1. The molecule has 0 aliphatic carbocycles. The quantitative estimate of drug-likeness (QED) is 0.454. The Morgan fingerprint density at radius 1 is 0.921 bits per heavy atom. The Labute approximate surface area is 230 Å². The van der Waals surface area contributed by atoms with Gasteiger partial charge in [0, 0.05) is 51.0 Å². The molecule has 3 saturated heterocycles. The van der Waals surface area contributed by atoms with Crippen molar-refractivity contribution < 1.29 is 4.79 Å². The van der Waals surface area contributed by atoms with Crippen LogP contribution in [0, 0.1) is 12.8 Å². The number of ketones is 1. The van der Waals surface area contributed by atoms with Crippen molar-refractivity contribution in [3.63, 3.8) is 0 Å². The number of anilines is 1. The fourth-order valence-corrected chi connectivity index (χ4v) is 6.62. The maximum atomic E-state index is 12.7. The number of rotatable bonds is 10. The molecule has 6 heteroatoms. The summed E-state index contributed by atoms with van der Waals surface area (Å²) in [6.45, 7) is 13.8. The van der Waals surface area contributed by atoms with Crippen molar-refractivity contribution in [1.82, 2.24) is 20.1 Å². The average Bonchev–Trinajstić information content (AvgIpc) is 3.21. The molecule has 0 radical (unpaired) electrons. The zero-order valence-corrected chi connectivity index (χ0v) is 23.7. The number of Topliss-reactive ketones (excluding diaryl/α,β-unsaturated/α-hetero) is 1. The summed E-state index contributed by atoms with van der Waals surface area (Å²) in [5, 5.41) is 4.67. The first kappa shape index (κ1) is 27.5. The molecule has 38 heavy (non-hydrogen) atoms. The van der Waals surface area contributed by atoms with Crippen LogP contribution in [0.1, 0.15) is 68.9 Å². The number of pyridine rings is 1. The van der Waals surface area contributed by atoms with Crippen molar-refractivity contribution in [2.24, 2.45) is 5.92 Å². The van der Waals surface area contributed by atoms with Crippen molar-refractivity contribution in [3.8, 4) is 0 Å². The first-order chi connectivity index (χ1) is 18.6. The number of nitrogens with zero attached hydrogens (tertiary/aromatic N) is 4. The molecule has 1 aromatic heterocycles. The van der Waals surface area contributed by atoms with Gasteiger partial charge in [0.25, 0.3) is 0 Å². The van der Waals surface area contributed by atoms with Gasteiger partial charge in [-0.15, -0.1) is 0 Å².